The average Bonchev–Trinajstić information content (AvgIpc) is 2.32. The topological polar surface area (TPSA) is 58.6 Å². The molecule has 5 heteroatoms. The number of nitrogens with one attached hydrogen (secondary N) is 1. The van der Waals surface area contributed by atoms with E-state index >= 15 is 0 Å². The molecule has 0 radical (unpaired) electrons. The fourth-order valence-corrected chi connectivity index (χ4v) is 2.15. The molecule has 0 spiro atoms. The third-order valence-electron chi connectivity index (χ3n) is 2.58. The first kappa shape index (κ1) is 15.0. The number of hydrogen-bond donors (Lipinski definition) is 2. The van der Waals surface area contributed by atoms with Gasteiger partial charge in [0, 0.05) is 23.3 Å². The summed E-state index contributed by atoms with van der Waals surface area (Å²) in [6, 6.07) is 5.32. The molecule has 1 unspecified atom stereocenters. The largest absolute Gasteiger partial charge is 0.478 e. The number of halogens is 1. The third kappa shape index (κ3) is 4.31. The summed E-state index contributed by atoms with van der Waals surface area (Å²) in [5.41, 5.74) is 0.891. The monoisotopic (exact) mass is 315 g/mol. The van der Waals surface area contributed by atoms with Gasteiger partial charge in [0.2, 0.25) is 0 Å². The Labute approximate surface area is 115 Å². The zero-order valence-corrected chi connectivity index (χ0v) is 12.2. The fraction of sp³-hybridized carbons (Fsp3) is 0.462. The second kappa shape index (κ2) is 7.38. The van der Waals surface area contributed by atoms with Gasteiger partial charge in [0.15, 0.2) is 0 Å². The predicted molar refractivity (Wildman–Crippen MR) is 75.3 cm³/mol. The summed E-state index contributed by atoms with van der Waals surface area (Å²) < 4.78 is 5.89. The molecule has 100 valence electrons. The van der Waals surface area contributed by atoms with Gasteiger partial charge in [-0.1, -0.05) is 29.3 Å². The van der Waals surface area contributed by atoms with Crippen LogP contribution in [0.15, 0.2) is 22.7 Å². The van der Waals surface area contributed by atoms with Crippen LogP contribution in [-0.2, 0) is 4.74 Å². The number of carboxylic acids is 1. The zero-order valence-electron chi connectivity index (χ0n) is 10.6. The molecule has 0 aliphatic heterocycles. The SMILES string of the molecule is CCCC(COC)Nc1ccc(Br)cc1C(=O)O. The number of ether oxygens (including phenoxy) is 1. The Hall–Kier alpha value is -1.07. The second-order valence-corrected chi connectivity index (χ2v) is 5.00. The number of anilines is 1. The standard InChI is InChI=1S/C13H18BrNO3/c1-3-4-10(8-18-2)15-12-6-5-9(14)7-11(12)13(16)17/h5-7,10,15H,3-4,8H2,1-2H3,(H,16,17). The van der Waals surface area contributed by atoms with E-state index < -0.39 is 5.97 Å². The van der Waals surface area contributed by atoms with E-state index in [4.69, 9.17) is 4.74 Å². The minimum absolute atomic E-state index is 0.124. The summed E-state index contributed by atoms with van der Waals surface area (Å²) in [6.45, 7) is 2.65. The Balaban J connectivity index is 2.90. The van der Waals surface area contributed by atoms with Gasteiger partial charge < -0.3 is 15.2 Å². The minimum Gasteiger partial charge on any atom is -0.478 e. The van der Waals surface area contributed by atoms with E-state index in [1.807, 2.05) is 6.07 Å². The predicted octanol–water partition coefficient (Wildman–Crippen LogP) is 3.37. The number of carbonyl (C=O) groups is 1. The lowest BCUT2D eigenvalue weighted by atomic mass is 10.1. The Morgan fingerprint density at radius 2 is 2.28 bits per heavy atom. The van der Waals surface area contributed by atoms with Crippen molar-refractivity contribution in [3.63, 3.8) is 0 Å². The first-order chi connectivity index (χ1) is 8.58. The zero-order chi connectivity index (χ0) is 13.5. The number of benzene rings is 1. The van der Waals surface area contributed by atoms with Crippen molar-refractivity contribution in [2.75, 3.05) is 19.0 Å². The average molecular weight is 316 g/mol. The molecule has 0 saturated carbocycles. The van der Waals surface area contributed by atoms with Gasteiger partial charge in [-0.15, -0.1) is 0 Å². The molecule has 0 heterocycles. The number of rotatable bonds is 7. The summed E-state index contributed by atoms with van der Waals surface area (Å²) in [5, 5.41) is 12.4. The first-order valence-corrected chi connectivity index (χ1v) is 6.66. The molecule has 0 aromatic heterocycles. The molecule has 0 bridgehead atoms. The van der Waals surface area contributed by atoms with Crippen LogP contribution in [0.2, 0.25) is 0 Å². The van der Waals surface area contributed by atoms with E-state index in [1.165, 1.54) is 0 Å². The van der Waals surface area contributed by atoms with Crippen molar-refractivity contribution in [2.24, 2.45) is 0 Å². The van der Waals surface area contributed by atoms with Crippen LogP contribution < -0.4 is 5.32 Å². The smallest absolute Gasteiger partial charge is 0.337 e. The van der Waals surface area contributed by atoms with E-state index in [2.05, 4.69) is 28.2 Å². The molecule has 18 heavy (non-hydrogen) atoms. The lowest BCUT2D eigenvalue weighted by molar-refractivity contribution is 0.0697. The Morgan fingerprint density at radius 3 is 2.83 bits per heavy atom. The fourth-order valence-electron chi connectivity index (χ4n) is 1.79. The lowest BCUT2D eigenvalue weighted by Gasteiger charge is -2.19. The molecule has 0 aliphatic carbocycles. The first-order valence-electron chi connectivity index (χ1n) is 5.86. The van der Waals surface area contributed by atoms with Gasteiger partial charge in [-0.2, -0.15) is 0 Å². The Kier molecular flexibility index (Phi) is 6.15. The van der Waals surface area contributed by atoms with Crippen LogP contribution in [0, 0.1) is 0 Å². The van der Waals surface area contributed by atoms with Crippen molar-refractivity contribution in [3.8, 4) is 0 Å². The van der Waals surface area contributed by atoms with Crippen LogP contribution in [0.1, 0.15) is 30.1 Å². The van der Waals surface area contributed by atoms with Gasteiger partial charge in [0.1, 0.15) is 0 Å². The number of hydrogen-bond acceptors (Lipinski definition) is 3. The maximum absolute atomic E-state index is 11.2. The third-order valence-corrected chi connectivity index (χ3v) is 3.07. The van der Waals surface area contributed by atoms with Gasteiger partial charge in [-0.05, 0) is 24.6 Å². The van der Waals surface area contributed by atoms with Crippen LogP contribution in [-0.4, -0.2) is 30.8 Å². The molecule has 1 atom stereocenters. The molecule has 1 aromatic carbocycles. The molecule has 0 amide bonds. The van der Waals surface area contributed by atoms with Crippen LogP contribution in [0.25, 0.3) is 0 Å². The van der Waals surface area contributed by atoms with Gasteiger partial charge in [-0.3, -0.25) is 0 Å². The van der Waals surface area contributed by atoms with Crippen molar-refractivity contribution in [1.82, 2.24) is 0 Å². The van der Waals surface area contributed by atoms with E-state index in [0.717, 1.165) is 17.3 Å². The summed E-state index contributed by atoms with van der Waals surface area (Å²) in [4.78, 5) is 11.2. The maximum atomic E-state index is 11.2. The van der Waals surface area contributed by atoms with Crippen molar-refractivity contribution < 1.29 is 14.6 Å². The van der Waals surface area contributed by atoms with E-state index in [9.17, 15) is 9.90 Å². The van der Waals surface area contributed by atoms with Gasteiger partial charge in [0.05, 0.1) is 12.2 Å². The van der Waals surface area contributed by atoms with Crippen LogP contribution >= 0.6 is 15.9 Å². The quantitative estimate of drug-likeness (QED) is 0.810. The van der Waals surface area contributed by atoms with Gasteiger partial charge >= 0.3 is 5.97 Å². The van der Waals surface area contributed by atoms with Crippen molar-refractivity contribution >= 4 is 27.6 Å². The number of carboxylic acid groups (broad SMARTS) is 1. The Morgan fingerprint density at radius 1 is 1.56 bits per heavy atom. The van der Waals surface area contributed by atoms with Gasteiger partial charge in [0.25, 0.3) is 0 Å². The number of aromatic carboxylic acids is 1. The van der Waals surface area contributed by atoms with Crippen molar-refractivity contribution in [2.45, 2.75) is 25.8 Å². The molecular formula is C13H18BrNO3. The highest BCUT2D eigenvalue weighted by Gasteiger charge is 2.14. The molecule has 1 rings (SSSR count). The van der Waals surface area contributed by atoms with Gasteiger partial charge in [-0.25, -0.2) is 4.79 Å². The summed E-state index contributed by atoms with van der Waals surface area (Å²) in [7, 11) is 1.64. The lowest BCUT2D eigenvalue weighted by Crippen LogP contribution is -2.25. The highest BCUT2D eigenvalue weighted by Crippen LogP contribution is 2.22. The highest BCUT2D eigenvalue weighted by atomic mass is 79.9. The van der Waals surface area contributed by atoms with Crippen molar-refractivity contribution in [1.29, 1.82) is 0 Å². The molecular weight excluding hydrogens is 298 g/mol. The van der Waals surface area contributed by atoms with E-state index in [1.54, 1.807) is 19.2 Å². The van der Waals surface area contributed by atoms with Crippen molar-refractivity contribution in [3.05, 3.63) is 28.2 Å². The molecule has 2 N–H and O–H groups in total. The summed E-state index contributed by atoms with van der Waals surface area (Å²) in [5.74, 6) is -0.938. The molecule has 0 saturated heterocycles. The minimum atomic E-state index is -0.938. The second-order valence-electron chi connectivity index (χ2n) is 4.08. The Bertz CT molecular complexity index is 403. The van der Waals surface area contributed by atoms with Crippen LogP contribution in [0.4, 0.5) is 5.69 Å². The van der Waals surface area contributed by atoms with E-state index in [-0.39, 0.29) is 11.6 Å². The molecule has 1 aromatic rings. The highest BCUT2D eigenvalue weighted by molar-refractivity contribution is 9.10. The molecule has 0 aliphatic rings. The maximum Gasteiger partial charge on any atom is 0.337 e. The number of methoxy groups -OCH3 is 1. The summed E-state index contributed by atoms with van der Waals surface area (Å²) >= 11 is 3.28. The molecule has 0 fully saturated rings. The van der Waals surface area contributed by atoms with E-state index in [0.29, 0.717) is 12.3 Å². The van der Waals surface area contributed by atoms with Crippen LogP contribution in [0.3, 0.4) is 0 Å². The normalized spacial score (nSPS) is 12.2. The van der Waals surface area contributed by atoms with Crippen LogP contribution in [0.5, 0.6) is 0 Å². The summed E-state index contributed by atoms with van der Waals surface area (Å²) in [6.07, 6.45) is 1.95. The molecule has 4 nitrogen and oxygen atoms in total.